The topological polar surface area (TPSA) is 98.6 Å². The first kappa shape index (κ1) is 27.6. The van der Waals surface area contributed by atoms with Crippen molar-refractivity contribution in [2.75, 3.05) is 19.1 Å². The molecule has 4 aromatic rings. The van der Waals surface area contributed by atoms with E-state index >= 15 is 0 Å². The zero-order valence-electron chi connectivity index (χ0n) is 23.5. The van der Waals surface area contributed by atoms with Gasteiger partial charge in [0, 0.05) is 16.8 Å². The maximum absolute atomic E-state index is 14.3. The van der Waals surface area contributed by atoms with Gasteiger partial charge < -0.3 is 14.8 Å². The lowest BCUT2D eigenvalue weighted by Gasteiger charge is -2.35. The molecule has 0 aliphatic rings. The summed E-state index contributed by atoms with van der Waals surface area (Å²) in [7, 11) is 3.06. The molecule has 0 saturated heterocycles. The molecule has 4 rings (SSSR count). The molecule has 9 heteroatoms. The summed E-state index contributed by atoms with van der Waals surface area (Å²) in [4.78, 5) is 30.0. The number of hydrogen-bond acceptors (Lipinski definition) is 6. The van der Waals surface area contributed by atoms with Crippen LogP contribution < -0.4 is 19.7 Å². The SMILES string of the molecule is COc1cccc(C(C(=O)NC(C)(C)C)N(C(=O)Cn2nnc3ccccc32)c2cc(C)ccc2C)c1OC. The minimum absolute atomic E-state index is 0.126. The number of fused-ring (bicyclic) bond motifs is 1. The summed E-state index contributed by atoms with van der Waals surface area (Å²) in [5, 5.41) is 11.5. The zero-order valence-corrected chi connectivity index (χ0v) is 23.5. The van der Waals surface area contributed by atoms with Crippen LogP contribution in [-0.2, 0) is 16.1 Å². The van der Waals surface area contributed by atoms with Crippen molar-refractivity contribution in [2.24, 2.45) is 0 Å². The molecular formula is C30H35N5O4. The van der Waals surface area contributed by atoms with Gasteiger partial charge >= 0.3 is 0 Å². The molecule has 0 aliphatic carbocycles. The zero-order chi connectivity index (χ0) is 28.3. The number of nitrogens with zero attached hydrogens (tertiary/aromatic N) is 4. The van der Waals surface area contributed by atoms with Crippen LogP contribution in [0.15, 0.2) is 60.7 Å². The summed E-state index contributed by atoms with van der Waals surface area (Å²) in [6.45, 7) is 9.44. The standard InChI is InChI=1S/C30H35N5O4/c1-19-15-16-20(2)24(17-19)35(26(36)18-34-23-13-9-8-12-22(23)32-33-34)27(29(37)31-30(3,4)5)21-11-10-14-25(38-6)28(21)39-7/h8-17,27H,18H2,1-7H3,(H,31,37). The number of ether oxygens (including phenoxy) is 2. The average molecular weight is 530 g/mol. The highest BCUT2D eigenvalue weighted by Crippen LogP contribution is 2.40. The predicted molar refractivity (Wildman–Crippen MR) is 151 cm³/mol. The molecule has 1 unspecified atom stereocenters. The quantitative estimate of drug-likeness (QED) is 0.354. The number of benzene rings is 3. The second-order valence-corrected chi connectivity index (χ2v) is 10.5. The minimum Gasteiger partial charge on any atom is -0.493 e. The molecule has 0 radical (unpaired) electrons. The third kappa shape index (κ3) is 5.87. The fourth-order valence-corrected chi connectivity index (χ4v) is 4.60. The third-order valence-electron chi connectivity index (χ3n) is 6.33. The lowest BCUT2D eigenvalue weighted by atomic mass is 9.98. The Hall–Kier alpha value is -4.40. The van der Waals surface area contributed by atoms with Crippen LogP contribution in [0, 0.1) is 13.8 Å². The fraction of sp³-hybridized carbons (Fsp3) is 0.333. The average Bonchev–Trinajstić information content (AvgIpc) is 3.29. The Bertz CT molecular complexity index is 1510. The second-order valence-electron chi connectivity index (χ2n) is 10.5. The third-order valence-corrected chi connectivity index (χ3v) is 6.33. The van der Waals surface area contributed by atoms with Gasteiger partial charge in [-0.1, -0.05) is 41.6 Å². The lowest BCUT2D eigenvalue weighted by Crippen LogP contribution is -2.50. The second kappa shape index (κ2) is 11.1. The molecule has 1 N–H and O–H groups in total. The van der Waals surface area contributed by atoms with Gasteiger partial charge in [0.1, 0.15) is 18.1 Å². The fourth-order valence-electron chi connectivity index (χ4n) is 4.60. The number of carbonyl (C=O) groups excluding carboxylic acids is 2. The Morgan fingerprint density at radius 1 is 1.00 bits per heavy atom. The number of methoxy groups -OCH3 is 2. The number of carbonyl (C=O) groups is 2. The largest absolute Gasteiger partial charge is 0.493 e. The number of amides is 2. The van der Waals surface area contributed by atoms with Gasteiger partial charge in [-0.25, -0.2) is 4.68 Å². The normalized spacial score (nSPS) is 12.2. The molecule has 39 heavy (non-hydrogen) atoms. The van der Waals surface area contributed by atoms with Gasteiger partial charge in [0.15, 0.2) is 11.5 Å². The van der Waals surface area contributed by atoms with Gasteiger partial charge in [0.25, 0.3) is 0 Å². The molecule has 9 nitrogen and oxygen atoms in total. The van der Waals surface area contributed by atoms with Gasteiger partial charge in [-0.15, -0.1) is 5.10 Å². The molecule has 0 fully saturated rings. The molecule has 1 atom stereocenters. The monoisotopic (exact) mass is 529 g/mol. The van der Waals surface area contributed by atoms with Crippen molar-refractivity contribution in [3.05, 3.63) is 77.4 Å². The van der Waals surface area contributed by atoms with Gasteiger partial charge in [-0.3, -0.25) is 14.5 Å². The summed E-state index contributed by atoms with van der Waals surface area (Å²) in [5.74, 6) is 0.146. The van der Waals surface area contributed by atoms with Crippen molar-refractivity contribution in [1.29, 1.82) is 0 Å². The maximum Gasteiger partial charge on any atom is 0.249 e. The van der Waals surface area contributed by atoms with E-state index in [4.69, 9.17) is 9.47 Å². The van der Waals surface area contributed by atoms with Crippen molar-refractivity contribution < 1.29 is 19.1 Å². The Balaban J connectivity index is 1.94. The summed E-state index contributed by atoms with van der Waals surface area (Å²) in [5.41, 5.74) is 3.75. The van der Waals surface area contributed by atoms with Crippen LogP contribution in [0.4, 0.5) is 5.69 Å². The molecule has 0 bridgehead atoms. The van der Waals surface area contributed by atoms with Crippen molar-refractivity contribution in [1.82, 2.24) is 20.3 Å². The Kier molecular flexibility index (Phi) is 7.90. The van der Waals surface area contributed by atoms with Gasteiger partial charge in [0.05, 0.1) is 19.7 Å². The van der Waals surface area contributed by atoms with Crippen molar-refractivity contribution in [3.63, 3.8) is 0 Å². The highest BCUT2D eigenvalue weighted by Gasteiger charge is 2.38. The van der Waals surface area contributed by atoms with E-state index in [1.165, 1.54) is 19.1 Å². The molecule has 204 valence electrons. The smallest absolute Gasteiger partial charge is 0.249 e. The summed E-state index contributed by atoms with van der Waals surface area (Å²) >= 11 is 0. The van der Waals surface area contributed by atoms with E-state index in [1.807, 2.05) is 77.1 Å². The Morgan fingerprint density at radius 2 is 1.74 bits per heavy atom. The lowest BCUT2D eigenvalue weighted by molar-refractivity contribution is -0.128. The maximum atomic E-state index is 14.3. The number of aryl methyl sites for hydroxylation is 2. The number of para-hydroxylation sites is 2. The number of hydrogen-bond donors (Lipinski definition) is 1. The van der Waals surface area contributed by atoms with E-state index in [-0.39, 0.29) is 18.4 Å². The number of nitrogens with one attached hydrogen (secondary N) is 1. The Morgan fingerprint density at radius 3 is 2.44 bits per heavy atom. The first-order chi connectivity index (χ1) is 18.5. The summed E-state index contributed by atoms with van der Waals surface area (Å²) in [6, 6.07) is 17.5. The van der Waals surface area contributed by atoms with Crippen molar-refractivity contribution in [3.8, 4) is 11.5 Å². The summed E-state index contributed by atoms with van der Waals surface area (Å²) in [6.07, 6.45) is 0. The highest BCUT2D eigenvalue weighted by atomic mass is 16.5. The highest BCUT2D eigenvalue weighted by molar-refractivity contribution is 6.02. The molecule has 0 spiro atoms. The van der Waals surface area contributed by atoms with Crippen molar-refractivity contribution in [2.45, 2.75) is 52.7 Å². The van der Waals surface area contributed by atoms with E-state index in [2.05, 4.69) is 15.6 Å². The van der Waals surface area contributed by atoms with Gasteiger partial charge in [-0.05, 0) is 70.0 Å². The molecule has 2 amide bonds. The molecule has 1 heterocycles. The first-order valence-electron chi connectivity index (χ1n) is 12.7. The van der Waals surface area contributed by atoms with Gasteiger partial charge in [0.2, 0.25) is 11.8 Å². The number of rotatable bonds is 8. The van der Waals surface area contributed by atoms with Crippen LogP contribution in [0.2, 0.25) is 0 Å². The molecule has 0 saturated carbocycles. The van der Waals surface area contributed by atoms with Gasteiger partial charge in [-0.2, -0.15) is 0 Å². The predicted octanol–water partition coefficient (Wildman–Crippen LogP) is 4.75. The van der Waals surface area contributed by atoms with Crippen molar-refractivity contribution >= 4 is 28.5 Å². The molecule has 3 aromatic carbocycles. The van der Waals surface area contributed by atoms with Crippen LogP contribution in [0.3, 0.4) is 0 Å². The first-order valence-corrected chi connectivity index (χ1v) is 12.7. The van der Waals surface area contributed by atoms with Crippen LogP contribution in [0.5, 0.6) is 11.5 Å². The van der Waals surface area contributed by atoms with E-state index in [0.717, 1.165) is 16.6 Å². The van der Waals surface area contributed by atoms with Crippen LogP contribution >= 0.6 is 0 Å². The van der Waals surface area contributed by atoms with Crippen LogP contribution in [0.25, 0.3) is 11.0 Å². The molecule has 1 aromatic heterocycles. The number of aromatic nitrogens is 3. The molecular weight excluding hydrogens is 494 g/mol. The van der Waals surface area contributed by atoms with E-state index in [0.29, 0.717) is 28.3 Å². The Labute approximate surface area is 228 Å². The summed E-state index contributed by atoms with van der Waals surface area (Å²) < 4.78 is 12.8. The molecule has 0 aliphatic heterocycles. The van der Waals surface area contributed by atoms with E-state index in [9.17, 15) is 9.59 Å². The van der Waals surface area contributed by atoms with Crippen LogP contribution in [0.1, 0.15) is 43.5 Å². The van der Waals surface area contributed by atoms with E-state index in [1.54, 1.807) is 22.9 Å². The minimum atomic E-state index is -1.07. The van der Waals surface area contributed by atoms with E-state index < -0.39 is 11.6 Å². The number of anilines is 1. The van der Waals surface area contributed by atoms with Crippen LogP contribution in [-0.4, -0.2) is 46.6 Å².